The van der Waals surface area contributed by atoms with Gasteiger partial charge in [0, 0.05) is 18.8 Å². The Morgan fingerprint density at radius 3 is 2.91 bits per heavy atom. The summed E-state index contributed by atoms with van der Waals surface area (Å²) in [6.45, 7) is 3.83. The van der Waals surface area contributed by atoms with Crippen molar-refractivity contribution in [1.82, 2.24) is 0 Å². The van der Waals surface area contributed by atoms with Gasteiger partial charge in [-0.3, -0.25) is 0 Å². The molecule has 2 aromatic carbocycles. The monoisotopic (exact) mass is 297 g/mol. The zero-order valence-corrected chi connectivity index (χ0v) is 12.6. The van der Waals surface area contributed by atoms with E-state index in [-0.39, 0.29) is 5.97 Å². The predicted molar refractivity (Wildman–Crippen MR) is 85.3 cm³/mol. The van der Waals surface area contributed by atoms with Crippen molar-refractivity contribution >= 4 is 11.7 Å². The average Bonchev–Trinajstić information content (AvgIpc) is 2.54. The van der Waals surface area contributed by atoms with Crippen LogP contribution in [-0.2, 0) is 17.7 Å². The number of nitrogens with zero attached hydrogens (tertiary/aromatic N) is 1. The lowest BCUT2D eigenvalue weighted by molar-refractivity contribution is 0.0526. The van der Waals surface area contributed by atoms with Gasteiger partial charge in [0.1, 0.15) is 5.75 Å². The van der Waals surface area contributed by atoms with Crippen molar-refractivity contribution in [2.24, 2.45) is 0 Å². The van der Waals surface area contributed by atoms with Crippen LogP contribution in [0.4, 0.5) is 5.69 Å². The molecule has 0 aliphatic carbocycles. The molecule has 0 saturated heterocycles. The largest absolute Gasteiger partial charge is 0.508 e. The van der Waals surface area contributed by atoms with Crippen molar-refractivity contribution in [1.29, 1.82) is 0 Å². The number of hydrogen-bond acceptors (Lipinski definition) is 4. The van der Waals surface area contributed by atoms with Crippen LogP contribution in [0.1, 0.15) is 28.4 Å². The number of hydrogen-bond donors (Lipinski definition) is 1. The van der Waals surface area contributed by atoms with Gasteiger partial charge >= 0.3 is 5.97 Å². The normalized spacial score (nSPS) is 13.6. The Morgan fingerprint density at radius 1 is 1.23 bits per heavy atom. The van der Waals surface area contributed by atoms with Crippen molar-refractivity contribution in [2.75, 3.05) is 18.1 Å². The molecule has 4 nitrogen and oxygen atoms in total. The molecule has 1 N–H and O–H groups in total. The van der Waals surface area contributed by atoms with Crippen LogP contribution in [-0.4, -0.2) is 24.2 Å². The molecular weight excluding hydrogens is 278 g/mol. The van der Waals surface area contributed by atoms with Crippen LogP contribution in [0.3, 0.4) is 0 Å². The molecule has 0 amide bonds. The van der Waals surface area contributed by atoms with E-state index in [0.717, 1.165) is 25.2 Å². The number of carbonyl (C=O) groups is 1. The molecular formula is C18H19NO3. The van der Waals surface area contributed by atoms with Gasteiger partial charge in [-0.1, -0.05) is 12.1 Å². The van der Waals surface area contributed by atoms with E-state index < -0.39 is 0 Å². The van der Waals surface area contributed by atoms with Gasteiger partial charge in [0.15, 0.2) is 0 Å². The van der Waals surface area contributed by atoms with Crippen molar-refractivity contribution in [3.63, 3.8) is 0 Å². The van der Waals surface area contributed by atoms with Crippen LogP contribution in [0.5, 0.6) is 5.75 Å². The Kier molecular flexibility index (Phi) is 4.00. The van der Waals surface area contributed by atoms with Gasteiger partial charge in [0.05, 0.1) is 12.2 Å². The smallest absolute Gasteiger partial charge is 0.338 e. The summed E-state index contributed by atoms with van der Waals surface area (Å²) in [4.78, 5) is 14.1. The molecule has 22 heavy (non-hydrogen) atoms. The number of rotatable bonds is 3. The van der Waals surface area contributed by atoms with E-state index in [1.165, 1.54) is 11.1 Å². The van der Waals surface area contributed by atoms with Crippen molar-refractivity contribution in [2.45, 2.75) is 19.9 Å². The maximum Gasteiger partial charge on any atom is 0.338 e. The van der Waals surface area contributed by atoms with E-state index >= 15 is 0 Å². The van der Waals surface area contributed by atoms with Gasteiger partial charge in [-0.2, -0.15) is 0 Å². The van der Waals surface area contributed by atoms with Crippen LogP contribution in [0.15, 0.2) is 42.5 Å². The standard InChI is InChI=1S/C18H19NO3/c1-2-22-18(21)14-4-3-5-16(10-14)19-9-8-13-11-17(20)7-6-15(13)12-19/h3-7,10-11,20H,2,8-9,12H2,1H3. The average molecular weight is 297 g/mol. The highest BCUT2D eigenvalue weighted by molar-refractivity contribution is 5.90. The molecule has 0 saturated carbocycles. The second-order valence-electron chi connectivity index (χ2n) is 5.40. The van der Waals surface area contributed by atoms with Crippen molar-refractivity contribution < 1.29 is 14.6 Å². The summed E-state index contributed by atoms with van der Waals surface area (Å²) in [6.07, 6.45) is 0.882. The predicted octanol–water partition coefficient (Wildman–Crippen LogP) is 3.13. The summed E-state index contributed by atoms with van der Waals surface area (Å²) in [6, 6.07) is 13.1. The molecule has 0 atom stereocenters. The van der Waals surface area contributed by atoms with Gasteiger partial charge in [-0.05, 0) is 54.8 Å². The SMILES string of the molecule is CCOC(=O)c1cccc(N2CCc3cc(O)ccc3C2)c1. The zero-order chi connectivity index (χ0) is 15.5. The summed E-state index contributed by atoms with van der Waals surface area (Å²) in [5, 5.41) is 9.55. The number of aromatic hydroxyl groups is 1. The fourth-order valence-electron chi connectivity index (χ4n) is 2.80. The minimum absolute atomic E-state index is 0.285. The summed E-state index contributed by atoms with van der Waals surface area (Å²) >= 11 is 0. The number of anilines is 1. The second-order valence-corrected chi connectivity index (χ2v) is 5.40. The Bertz CT molecular complexity index is 696. The molecule has 0 aromatic heterocycles. The van der Waals surface area contributed by atoms with Crippen LogP contribution >= 0.6 is 0 Å². The molecule has 114 valence electrons. The van der Waals surface area contributed by atoms with E-state index in [4.69, 9.17) is 4.74 Å². The highest BCUT2D eigenvalue weighted by atomic mass is 16.5. The Hall–Kier alpha value is -2.49. The summed E-state index contributed by atoms with van der Waals surface area (Å²) in [5.74, 6) is 0.0307. The molecule has 1 aliphatic heterocycles. The van der Waals surface area contributed by atoms with Gasteiger partial charge in [0.2, 0.25) is 0 Å². The summed E-state index contributed by atoms with van der Waals surface area (Å²) < 4.78 is 5.05. The number of phenolic OH excluding ortho intramolecular Hbond substituents is 1. The molecule has 1 aliphatic rings. The van der Waals surface area contributed by atoms with Crippen LogP contribution < -0.4 is 4.90 Å². The number of phenols is 1. The highest BCUT2D eigenvalue weighted by Crippen LogP contribution is 2.27. The second kappa shape index (κ2) is 6.10. The molecule has 2 aromatic rings. The molecule has 0 radical (unpaired) electrons. The number of esters is 1. The van der Waals surface area contributed by atoms with Crippen LogP contribution in [0.25, 0.3) is 0 Å². The summed E-state index contributed by atoms with van der Waals surface area (Å²) in [7, 11) is 0. The Labute approximate surface area is 130 Å². The van der Waals surface area contributed by atoms with Gasteiger partial charge < -0.3 is 14.7 Å². The molecule has 0 bridgehead atoms. The molecule has 0 spiro atoms. The third-order valence-corrected chi connectivity index (χ3v) is 3.92. The van der Waals surface area contributed by atoms with Gasteiger partial charge in [-0.25, -0.2) is 4.79 Å². The Morgan fingerprint density at radius 2 is 2.09 bits per heavy atom. The van der Waals surface area contributed by atoms with Gasteiger partial charge in [-0.15, -0.1) is 0 Å². The Balaban J connectivity index is 1.82. The lowest BCUT2D eigenvalue weighted by Crippen LogP contribution is -2.30. The van der Waals surface area contributed by atoms with E-state index in [0.29, 0.717) is 17.9 Å². The van der Waals surface area contributed by atoms with Gasteiger partial charge in [0.25, 0.3) is 0 Å². The maximum absolute atomic E-state index is 11.8. The number of benzene rings is 2. The molecule has 4 heteroatoms. The van der Waals surface area contributed by atoms with E-state index in [9.17, 15) is 9.90 Å². The minimum Gasteiger partial charge on any atom is -0.508 e. The number of ether oxygens (including phenoxy) is 1. The number of fused-ring (bicyclic) bond motifs is 1. The highest BCUT2D eigenvalue weighted by Gasteiger charge is 2.18. The first kappa shape index (κ1) is 14.4. The summed E-state index contributed by atoms with van der Waals surface area (Å²) in [5.41, 5.74) is 4.00. The molecule has 0 unspecified atom stereocenters. The molecule has 3 rings (SSSR count). The van der Waals surface area contributed by atoms with Crippen LogP contribution in [0.2, 0.25) is 0 Å². The molecule has 1 heterocycles. The lowest BCUT2D eigenvalue weighted by Gasteiger charge is -2.31. The topological polar surface area (TPSA) is 49.8 Å². The fraction of sp³-hybridized carbons (Fsp3) is 0.278. The van der Waals surface area contributed by atoms with Crippen molar-refractivity contribution in [3.8, 4) is 5.75 Å². The minimum atomic E-state index is -0.285. The maximum atomic E-state index is 11.8. The van der Waals surface area contributed by atoms with E-state index in [2.05, 4.69) is 4.90 Å². The first-order valence-electron chi connectivity index (χ1n) is 7.50. The molecule has 0 fully saturated rings. The first-order valence-corrected chi connectivity index (χ1v) is 7.50. The zero-order valence-electron chi connectivity index (χ0n) is 12.6. The fourth-order valence-corrected chi connectivity index (χ4v) is 2.80. The van der Waals surface area contributed by atoms with Crippen molar-refractivity contribution in [3.05, 3.63) is 59.2 Å². The third kappa shape index (κ3) is 2.91. The number of carbonyl (C=O) groups excluding carboxylic acids is 1. The quantitative estimate of drug-likeness (QED) is 0.884. The van der Waals surface area contributed by atoms with Crippen LogP contribution in [0, 0.1) is 0 Å². The lowest BCUT2D eigenvalue weighted by atomic mass is 9.99. The first-order chi connectivity index (χ1) is 10.7. The third-order valence-electron chi connectivity index (χ3n) is 3.92. The van der Waals surface area contributed by atoms with E-state index in [1.54, 1.807) is 19.1 Å². The van der Waals surface area contributed by atoms with E-state index in [1.807, 2.05) is 30.3 Å².